The minimum atomic E-state index is 0.122. The molecule has 1 rings (SSSR count). The highest BCUT2D eigenvalue weighted by molar-refractivity contribution is 5.78. The Bertz CT molecular complexity index is 186. The van der Waals surface area contributed by atoms with Crippen molar-refractivity contribution < 1.29 is 4.79 Å². The van der Waals surface area contributed by atoms with Crippen molar-refractivity contribution in [2.24, 2.45) is 11.8 Å². The van der Waals surface area contributed by atoms with Gasteiger partial charge in [0, 0.05) is 18.5 Å². The summed E-state index contributed by atoms with van der Waals surface area (Å²) in [6, 6.07) is 0.345. The third-order valence-corrected chi connectivity index (χ3v) is 3.06. The Hall–Kier alpha value is -0.570. The molecule has 3 heteroatoms. The van der Waals surface area contributed by atoms with Crippen molar-refractivity contribution in [2.75, 3.05) is 13.1 Å². The molecule has 1 aliphatic rings. The summed E-state index contributed by atoms with van der Waals surface area (Å²) >= 11 is 0. The molecule has 3 nitrogen and oxygen atoms in total. The highest BCUT2D eigenvalue weighted by Gasteiger charge is 2.20. The molecule has 0 spiro atoms. The Morgan fingerprint density at radius 1 is 1.43 bits per heavy atom. The van der Waals surface area contributed by atoms with Crippen molar-refractivity contribution in [3.63, 3.8) is 0 Å². The molecule has 1 fully saturated rings. The molecule has 0 aromatic rings. The summed E-state index contributed by atoms with van der Waals surface area (Å²) in [6.45, 7) is 8.19. The highest BCUT2D eigenvalue weighted by atomic mass is 16.1. The topological polar surface area (TPSA) is 41.1 Å². The zero-order valence-corrected chi connectivity index (χ0v) is 9.47. The molecule has 0 aliphatic carbocycles. The molecule has 1 saturated heterocycles. The van der Waals surface area contributed by atoms with Crippen molar-refractivity contribution >= 4 is 5.91 Å². The first-order chi connectivity index (χ1) is 6.61. The number of nitrogens with one attached hydrogen (secondary N) is 2. The molecule has 0 saturated carbocycles. The fourth-order valence-corrected chi connectivity index (χ4v) is 1.61. The van der Waals surface area contributed by atoms with Gasteiger partial charge >= 0.3 is 0 Å². The number of hydrogen-bond donors (Lipinski definition) is 2. The lowest BCUT2D eigenvalue weighted by Gasteiger charge is -2.26. The largest absolute Gasteiger partial charge is 0.352 e. The predicted molar refractivity (Wildman–Crippen MR) is 58.0 cm³/mol. The van der Waals surface area contributed by atoms with Gasteiger partial charge in [0.05, 0.1) is 0 Å². The molecule has 1 unspecified atom stereocenters. The molecule has 2 N–H and O–H groups in total. The SMILES string of the molecule is CC(C)C(C)C(=O)N[C@H]1CCCNC1. The van der Waals surface area contributed by atoms with Gasteiger partial charge in [-0.1, -0.05) is 20.8 Å². The first-order valence-electron chi connectivity index (χ1n) is 5.62. The van der Waals surface area contributed by atoms with Crippen LogP contribution in [0.5, 0.6) is 0 Å². The van der Waals surface area contributed by atoms with E-state index < -0.39 is 0 Å². The summed E-state index contributed by atoms with van der Waals surface area (Å²) in [6.07, 6.45) is 2.28. The van der Waals surface area contributed by atoms with Crippen molar-refractivity contribution in [1.82, 2.24) is 10.6 Å². The van der Waals surface area contributed by atoms with Gasteiger partial charge in [0.25, 0.3) is 0 Å². The van der Waals surface area contributed by atoms with Crippen LogP contribution in [0.3, 0.4) is 0 Å². The molecule has 82 valence electrons. The molecule has 1 heterocycles. The monoisotopic (exact) mass is 198 g/mol. The van der Waals surface area contributed by atoms with E-state index in [1.807, 2.05) is 6.92 Å². The van der Waals surface area contributed by atoms with Gasteiger partial charge in [-0.25, -0.2) is 0 Å². The first kappa shape index (κ1) is 11.5. The number of hydrogen-bond acceptors (Lipinski definition) is 2. The molecule has 0 aromatic carbocycles. The van der Waals surface area contributed by atoms with E-state index in [1.54, 1.807) is 0 Å². The highest BCUT2D eigenvalue weighted by Crippen LogP contribution is 2.10. The van der Waals surface area contributed by atoms with E-state index >= 15 is 0 Å². The molecule has 2 atom stereocenters. The van der Waals surface area contributed by atoms with Crippen LogP contribution in [0.1, 0.15) is 33.6 Å². The van der Waals surface area contributed by atoms with Crippen LogP contribution < -0.4 is 10.6 Å². The summed E-state index contributed by atoms with van der Waals surface area (Å²) in [7, 11) is 0. The van der Waals surface area contributed by atoms with Crippen molar-refractivity contribution in [3.05, 3.63) is 0 Å². The van der Waals surface area contributed by atoms with E-state index in [9.17, 15) is 4.79 Å². The number of carbonyl (C=O) groups excluding carboxylic acids is 1. The van der Waals surface area contributed by atoms with Crippen LogP contribution in [-0.2, 0) is 4.79 Å². The molecule has 0 radical (unpaired) electrons. The predicted octanol–water partition coefficient (Wildman–Crippen LogP) is 1.15. The first-order valence-corrected chi connectivity index (χ1v) is 5.62. The van der Waals surface area contributed by atoms with Gasteiger partial charge in [0.2, 0.25) is 5.91 Å². The van der Waals surface area contributed by atoms with Crippen LogP contribution in [0.2, 0.25) is 0 Å². The number of rotatable bonds is 3. The second-order valence-corrected chi connectivity index (χ2v) is 4.58. The second-order valence-electron chi connectivity index (χ2n) is 4.58. The normalized spacial score (nSPS) is 24.7. The van der Waals surface area contributed by atoms with E-state index in [-0.39, 0.29) is 11.8 Å². The third-order valence-electron chi connectivity index (χ3n) is 3.06. The smallest absolute Gasteiger partial charge is 0.223 e. The van der Waals surface area contributed by atoms with E-state index in [4.69, 9.17) is 0 Å². The average Bonchev–Trinajstić information content (AvgIpc) is 2.18. The molecule has 1 aliphatic heterocycles. The van der Waals surface area contributed by atoms with E-state index in [2.05, 4.69) is 24.5 Å². The Morgan fingerprint density at radius 2 is 2.14 bits per heavy atom. The van der Waals surface area contributed by atoms with Crippen LogP contribution in [0, 0.1) is 11.8 Å². The Balaban J connectivity index is 2.31. The van der Waals surface area contributed by atoms with Gasteiger partial charge < -0.3 is 10.6 Å². The van der Waals surface area contributed by atoms with E-state index in [1.165, 1.54) is 6.42 Å². The number of piperidine rings is 1. The lowest BCUT2D eigenvalue weighted by Crippen LogP contribution is -2.47. The second kappa shape index (κ2) is 5.35. The Kier molecular flexibility index (Phi) is 4.39. The van der Waals surface area contributed by atoms with Crippen LogP contribution in [-0.4, -0.2) is 25.0 Å². The standard InChI is InChI=1S/C11H22N2O/c1-8(2)9(3)11(14)13-10-5-4-6-12-7-10/h8-10,12H,4-7H2,1-3H3,(H,13,14)/t9?,10-/m0/s1. The average molecular weight is 198 g/mol. The van der Waals surface area contributed by atoms with E-state index in [0.29, 0.717) is 12.0 Å². The fourth-order valence-electron chi connectivity index (χ4n) is 1.61. The van der Waals surface area contributed by atoms with Gasteiger partial charge in [0.15, 0.2) is 0 Å². The van der Waals surface area contributed by atoms with Crippen LogP contribution in [0.25, 0.3) is 0 Å². The summed E-state index contributed by atoms with van der Waals surface area (Å²) < 4.78 is 0. The summed E-state index contributed by atoms with van der Waals surface area (Å²) in [5.74, 6) is 0.747. The minimum Gasteiger partial charge on any atom is -0.352 e. The van der Waals surface area contributed by atoms with Gasteiger partial charge in [0.1, 0.15) is 0 Å². The summed E-state index contributed by atoms with van der Waals surface area (Å²) in [4.78, 5) is 11.7. The lowest BCUT2D eigenvalue weighted by molar-refractivity contribution is -0.126. The molecule has 1 amide bonds. The Labute approximate surface area is 86.6 Å². The van der Waals surface area contributed by atoms with E-state index in [0.717, 1.165) is 19.5 Å². The Morgan fingerprint density at radius 3 is 2.64 bits per heavy atom. The van der Waals surface area contributed by atoms with Crippen LogP contribution >= 0.6 is 0 Å². The minimum absolute atomic E-state index is 0.122. The van der Waals surface area contributed by atoms with Crippen LogP contribution in [0.15, 0.2) is 0 Å². The maximum atomic E-state index is 11.7. The van der Waals surface area contributed by atoms with Gasteiger partial charge in [-0.05, 0) is 25.3 Å². The van der Waals surface area contributed by atoms with Crippen molar-refractivity contribution in [1.29, 1.82) is 0 Å². The lowest BCUT2D eigenvalue weighted by atomic mass is 9.96. The van der Waals surface area contributed by atoms with Gasteiger partial charge in [-0.2, -0.15) is 0 Å². The molecule has 0 bridgehead atoms. The fraction of sp³-hybridized carbons (Fsp3) is 0.909. The zero-order chi connectivity index (χ0) is 10.6. The summed E-state index contributed by atoms with van der Waals surface area (Å²) in [5.41, 5.74) is 0. The maximum absolute atomic E-state index is 11.7. The summed E-state index contributed by atoms with van der Waals surface area (Å²) in [5, 5.41) is 6.39. The van der Waals surface area contributed by atoms with Gasteiger partial charge in [-0.3, -0.25) is 4.79 Å². The molecule has 14 heavy (non-hydrogen) atoms. The van der Waals surface area contributed by atoms with Crippen molar-refractivity contribution in [2.45, 2.75) is 39.7 Å². The quantitative estimate of drug-likeness (QED) is 0.714. The molecule has 0 aromatic heterocycles. The van der Waals surface area contributed by atoms with Crippen LogP contribution in [0.4, 0.5) is 0 Å². The van der Waals surface area contributed by atoms with Gasteiger partial charge in [-0.15, -0.1) is 0 Å². The number of carbonyl (C=O) groups is 1. The third kappa shape index (κ3) is 3.29. The van der Waals surface area contributed by atoms with Crippen molar-refractivity contribution in [3.8, 4) is 0 Å². The maximum Gasteiger partial charge on any atom is 0.223 e. The number of amides is 1. The zero-order valence-electron chi connectivity index (χ0n) is 9.47. The molecular weight excluding hydrogens is 176 g/mol. The molecular formula is C11H22N2O.